The summed E-state index contributed by atoms with van der Waals surface area (Å²) in [7, 11) is 3.88. The summed E-state index contributed by atoms with van der Waals surface area (Å²) in [6.45, 7) is 4.56. The van der Waals surface area contributed by atoms with E-state index in [2.05, 4.69) is 24.1 Å². The van der Waals surface area contributed by atoms with E-state index in [0.29, 0.717) is 12.6 Å². The van der Waals surface area contributed by atoms with Crippen LogP contribution in [0.1, 0.15) is 13.8 Å². The number of rotatable bonds is 5. The number of para-hydroxylation sites is 1. The van der Waals surface area contributed by atoms with Crippen LogP contribution in [0.3, 0.4) is 0 Å². The van der Waals surface area contributed by atoms with Crippen molar-refractivity contribution in [2.45, 2.75) is 19.9 Å². The van der Waals surface area contributed by atoms with Gasteiger partial charge in [0.2, 0.25) is 0 Å². The molecule has 0 saturated heterocycles. The van der Waals surface area contributed by atoms with Crippen LogP contribution in [0.4, 0.5) is 11.5 Å². The maximum atomic E-state index is 12.1. The molecule has 9 nitrogen and oxygen atoms in total. The third-order valence-corrected chi connectivity index (χ3v) is 3.38. The third-order valence-electron chi connectivity index (χ3n) is 3.38. The minimum Gasteiger partial charge on any atom is -0.539 e. The van der Waals surface area contributed by atoms with Gasteiger partial charge in [0.1, 0.15) is 5.82 Å². The molecule has 9 heteroatoms. The second-order valence-electron chi connectivity index (χ2n) is 6.26. The molecular formula is C18H24N4O5. The number of benzene rings is 1. The van der Waals surface area contributed by atoms with Crippen LogP contribution in [0.2, 0.25) is 0 Å². The summed E-state index contributed by atoms with van der Waals surface area (Å²) in [5.74, 6) is -3.17. The number of carbonyl (C=O) groups is 3. The number of carboxylic acid groups (broad SMARTS) is 2. The van der Waals surface area contributed by atoms with Crippen LogP contribution in [-0.2, 0) is 14.4 Å². The number of hydrogen-bond donors (Lipinski definition) is 3. The predicted molar refractivity (Wildman–Crippen MR) is 99.3 cm³/mol. The van der Waals surface area contributed by atoms with Crippen LogP contribution in [0.5, 0.6) is 0 Å². The molecule has 0 fully saturated rings. The first-order valence-corrected chi connectivity index (χ1v) is 8.26. The van der Waals surface area contributed by atoms with Crippen molar-refractivity contribution in [2.24, 2.45) is 0 Å². The van der Waals surface area contributed by atoms with Gasteiger partial charge >= 0.3 is 5.97 Å². The minimum atomic E-state index is -2.07. The predicted octanol–water partition coefficient (Wildman–Crippen LogP) is -0.968. The lowest BCUT2D eigenvalue weighted by atomic mass is 10.1. The molecular weight excluding hydrogens is 352 g/mol. The number of aliphatic carboxylic acids is 2. The van der Waals surface area contributed by atoms with E-state index in [9.17, 15) is 4.79 Å². The third kappa shape index (κ3) is 7.28. The molecule has 1 aromatic carbocycles. The van der Waals surface area contributed by atoms with Gasteiger partial charge in [-0.25, -0.2) is 9.78 Å². The Morgan fingerprint density at radius 2 is 1.85 bits per heavy atom. The van der Waals surface area contributed by atoms with Gasteiger partial charge < -0.3 is 30.5 Å². The van der Waals surface area contributed by atoms with Crippen molar-refractivity contribution < 1.29 is 29.9 Å². The number of fused-ring (bicyclic) bond motifs is 1. The molecule has 0 aliphatic rings. The Bertz CT molecular complexity index is 809. The molecule has 1 heterocycles. The molecule has 0 aliphatic carbocycles. The van der Waals surface area contributed by atoms with Crippen molar-refractivity contribution in [1.82, 2.24) is 4.98 Å². The lowest BCUT2D eigenvalue weighted by Crippen LogP contribution is -2.90. The van der Waals surface area contributed by atoms with E-state index < -0.39 is 11.9 Å². The number of aromatic nitrogens is 1. The number of anilines is 2. The highest BCUT2D eigenvalue weighted by Crippen LogP contribution is 2.26. The molecule has 0 unspecified atom stereocenters. The molecule has 0 aliphatic heterocycles. The van der Waals surface area contributed by atoms with Crippen LogP contribution >= 0.6 is 0 Å². The first-order chi connectivity index (χ1) is 12.6. The highest BCUT2D eigenvalue weighted by molar-refractivity contribution is 6.26. The molecule has 0 radical (unpaired) electrons. The van der Waals surface area contributed by atoms with Crippen molar-refractivity contribution in [1.29, 1.82) is 0 Å². The topological polar surface area (TPSA) is 139 Å². The molecule has 0 spiro atoms. The van der Waals surface area contributed by atoms with E-state index in [1.54, 1.807) is 0 Å². The summed E-state index contributed by atoms with van der Waals surface area (Å²) in [5.41, 5.74) is 1.69. The van der Waals surface area contributed by atoms with Gasteiger partial charge in [0, 0.05) is 25.5 Å². The van der Waals surface area contributed by atoms with Crippen LogP contribution < -0.4 is 20.6 Å². The van der Waals surface area contributed by atoms with Crippen LogP contribution in [-0.4, -0.2) is 54.6 Å². The highest BCUT2D eigenvalue weighted by Gasteiger charge is 2.11. The zero-order chi connectivity index (χ0) is 20.6. The van der Waals surface area contributed by atoms with Crippen LogP contribution in [0.25, 0.3) is 10.9 Å². The zero-order valence-electron chi connectivity index (χ0n) is 15.7. The summed E-state index contributed by atoms with van der Waals surface area (Å²) in [6, 6.07) is 10.2. The summed E-state index contributed by atoms with van der Waals surface area (Å²) >= 11 is 0. The van der Waals surface area contributed by atoms with E-state index in [1.807, 2.05) is 54.6 Å². The molecule has 27 heavy (non-hydrogen) atoms. The number of pyridine rings is 1. The van der Waals surface area contributed by atoms with Gasteiger partial charge in [0.15, 0.2) is 12.5 Å². The lowest BCUT2D eigenvalue weighted by Gasteiger charge is -2.15. The second kappa shape index (κ2) is 10.1. The number of hydrogen-bond acceptors (Lipinski definition) is 6. The first kappa shape index (κ1) is 21.8. The molecule has 4 N–H and O–H groups in total. The minimum absolute atomic E-state index is 0.00441. The standard InChI is InChI=1S/C16H22N4O.C2H2O4/c1-11(2)17-10-16(21)19-14-9-15(20(3)4)18-13-8-6-5-7-12(13)14;3-1(4)2(5)6/h5-9,11,17H,10H2,1-4H3,(H,18,19,21);(H,3,4)(H,5,6). The molecule has 1 amide bonds. The van der Waals surface area contributed by atoms with Gasteiger partial charge in [-0.3, -0.25) is 4.79 Å². The monoisotopic (exact) mass is 376 g/mol. The quantitative estimate of drug-likeness (QED) is 0.571. The number of quaternary nitrogens is 1. The van der Waals surface area contributed by atoms with Gasteiger partial charge in [-0.2, -0.15) is 0 Å². The molecule has 0 bridgehead atoms. The molecule has 1 aromatic heterocycles. The summed E-state index contributed by atoms with van der Waals surface area (Å²) in [4.78, 5) is 36.6. The molecule has 0 atom stereocenters. The number of nitrogens with zero attached hydrogens (tertiary/aromatic N) is 2. The van der Waals surface area contributed by atoms with E-state index in [0.717, 1.165) is 22.4 Å². The fourth-order valence-corrected chi connectivity index (χ4v) is 2.04. The van der Waals surface area contributed by atoms with E-state index in [1.165, 1.54) is 0 Å². The fraction of sp³-hybridized carbons (Fsp3) is 0.333. The number of carboxylic acids is 2. The normalized spacial score (nSPS) is 10.1. The van der Waals surface area contributed by atoms with Gasteiger partial charge in [0.05, 0.1) is 17.2 Å². The van der Waals surface area contributed by atoms with Crippen molar-refractivity contribution in [2.75, 3.05) is 30.9 Å². The average molecular weight is 376 g/mol. The summed E-state index contributed by atoms with van der Waals surface area (Å²) in [6.07, 6.45) is 0. The Labute approximate surface area is 157 Å². The second-order valence-corrected chi connectivity index (χ2v) is 6.26. The van der Waals surface area contributed by atoms with Crippen molar-refractivity contribution in [3.63, 3.8) is 0 Å². The van der Waals surface area contributed by atoms with E-state index >= 15 is 0 Å². The number of carbonyl (C=O) groups excluding carboxylic acids is 2. The Balaban J connectivity index is 0.000000527. The SMILES string of the molecule is CC(C)[NH2+]CC(=O)Nc1cc(N(C)C)nc2ccccc12.O=C([O-])C(=O)O. The largest absolute Gasteiger partial charge is 0.539 e. The Hall–Kier alpha value is -3.20. The van der Waals surface area contributed by atoms with E-state index in [4.69, 9.17) is 19.8 Å². The van der Waals surface area contributed by atoms with Crippen molar-refractivity contribution in [3.8, 4) is 0 Å². The van der Waals surface area contributed by atoms with Gasteiger partial charge in [-0.1, -0.05) is 18.2 Å². The average Bonchev–Trinajstić information content (AvgIpc) is 2.60. The van der Waals surface area contributed by atoms with Gasteiger partial charge in [-0.05, 0) is 19.9 Å². The Morgan fingerprint density at radius 3 is 2.37 bits per heavy atom. The Kier molecular flexibility index (Phi) is 8.15. The maximum Gasteiger partial charge on any atom is 0.351 e. The first-order valence-electron chi connectivity index (χ1n) is 8.26. The number of nitrogens with one attached hydrogen (secondary N) is 1. The molecule has 2 aromatic rings. The Morgan fingerprint density at radius 1 is 1.26 bits per heavy atom. The molecule has 0 saturated carbocycles. The summed E-state index contributed by atoms with van der Waals surface area (Å²) < 4.78 is 0. The van der Waals surface area contributed by atoms with Gasteiger partial charge in [0.25, 0.3) is 5.91 Å². The highest BCUT2D eigenvalue weighted by atomic mass is 16.4. The van der Waals surface area contributed by atoms with E-state index in [-0.39, 0.29) is 5.91 Å². The maximum absolute atomic E-state index is 12.1. The fourth-order valence-electron chi connectivity index (χ4n) is 2.04. The summed E-state index contributed by atoms with van der Waals surface area (Å²) in [5, 5.41) is 22.3. The zero-order valence-corrected chi connectivity index (χ0v) is 15.7. The van der Waals surface area contributed by atoms with Crippen LogP contribution in [0.15, 0.2) is 30.3 Å². The molecule has 146 valence electrons. The number of amides is 1. The molecule has 2 rings (SSSR count). The van der Waals surface area contributed by atoms with Crippen molar-refractivity contribution in [3.05, 3.63) is 30.3 Å². The number of nitrogens with two attached hydrogens (primary N) is 1. The van der Waals surface area contributed by atoms with Crippen molar-refractivity contribution >= 4 is 40.3 Å². The van der Waals surface area contributed by atoms with Crippen LogP contribution in [0, 0.1) is 0 Å². The van der Waals surface area contributed by atoms with Gasteiger partial charge in [-0.15, -0.1) is 0 Å². The smallest absolute Gasteiger partial charge is 0.351 e. The lowest BCUT2D eigenvalue weighted by molar-refractivity contribution is -0.672.